The topological polar surface area (TPSA) is 101 Å². The van der Waals surface area contributed by atoms with E-state index in [2.05, 4.69) is 9.71 Å². The van der Waals surface area contributed by atoms with Crippen molar-refractivity contribution in [2.24, 2.45) is 0 Å². The minimum absolute atomic E-state index is 0.00376. The Labute approximate surface area is 138 Å². The van der Waals surface area contributed by atoms with Crippen LogP contribution in [0.5, 0.6) is 5.75 Å². The smallest absolute Gasteiger partial charge is 0.417 e. The second-order valence-electron chi connectivity index (χ2n) is 5.15. The van der Waals surface area contributed by atoms with Crippen LogP contribution >= 0.6 is 0 Å². The molecule has 0 saturated heterocycles. The number of hydrogen-bond donors (Lipinski definition) is 2. The molecule has 0 aliphatic heterocycles. The summed E-state index contributed by atoms with van der Waals surface area (Å²) in [5, 5.41) is 0. The van der Waals surface area contributed by atoms with Crippen LogP contribution in [0.25, 0.3) is 11.1 Å². The molecule has 7 nitrogen and oxygen atoms in total. The number of benzene rings is 2. The fraction of sp³-hybridized carbons (Fsp3) is 0.188. The molecule has 1 aromatic heterocycles. The SMILES string of the molecule is CCCOc1ccc(NS(=O)(=O)c2ccc3[nH]c(=O)oc3c2)cc1. The average Bonchev–Trinajstić information content (AvgIpc) is 2.93. The number of rotatable bonds is 6. The number of nitrogens with one attached hydrogen (secondary N) is 2. The van der Waals surface area contributed by atoms with Gasteiger partial charge < -0.3 is 9.15 Å². The molecular formula is C16H16N2O5S. The lowest BCUT2D eigenvalue weighted by Crippen LogP contribution is -2.12. The maximum absolute atomic E-state index is 12.4. The van der Waals surface area contributed by atoms with Gasteiger partial charge in [0, 0.05) is 11.8 Å². The second-order valence-corrected chi connectivity index (χ2v) is 6.83. The highest BCUT2D eigenvalue weighted by molar-refractivity contribution is 7.92. The number of H-pyrrole nitrogens is 1. The quantitative estimate of drug-likeness (QED) is 0.713. The molecule has 0 fully saturated rings. The van der Waals surface area contributed by atoms with Gasteiger partial charge in [-0.2, -0.15) is 0 Å². The van der Waals surface area contributed by atoms with Crippen molar-refractivity contribution in [1.82, 2.24) is 4.98 Å². The Hall–Kier alpha value is -2.74. The molecule has 0 amide bonds. The predicted molar refractivity (Wildman–Crippen MR) is 89.9 cm³/mol. The van der Waals surface area contributed by atoms with E-state index in [4.69, 9.17) is 9.15 Å². The molecule has 0 spiro atoms. The van der Waals surface area contributed by atoms with Gasteiger partial charge in [-0.15, -0.1) is 0 Å². The first kappa shape index (κ1) is 16.1. The summed E-state index contributed by atoms with van der Waals surface area (Å²) in [6.07, 6.45) is 0.895. The van der Waals surface area contributed by atoms with Gasteiger partial charge in [0.2, 0.25) is 0 Å². The Bertz CT molecular complexity index is 1000. The standard InChI is InChI=1S/C16H16N2O5S/c1-2-9-22-12-5-3-11(4-6-12)18-24(20,21)13-7-8-14-15(10-13)23-16(19)17-14/h3-8,10,18H,2,9H2,1H3,(H,17,19). The summed E-state index contributed by atoms with van der Waals surface area (Å²) >= 11 is 0. The van der Waals surface area contributed by atoms with Crippen LogP contribution in [0.1, 0.15) is 13.3 Å². The number of fused-ring (bicyclic) bond motifs is 1. The second kappa shape index (κ2) is 6.40. The molecule has 2 aromatic carbocycles. The van der Waals surface area contributed by atoms with E-state index in [0.717, 1.165) is 6.42 Å². The van der Waals surface area contributed by atoms with Gasteiger partial charge in [-0.05, 0) is 42.8 Å². The molecule has 0 unspecified atom stereocenters. The number of sulfonamides is 1. The van der Waals surface area contributed by atoms with E-state index in [1.54, 1.807) is 24.3 Å². The molecule has 126 valence electrons. The molecule has 2 N–H and O–H groups in total. The fourth-order valence-corrected chi connectivity index (χ4v) is 3.22. The highest BCUT2D eigenvalue weighted by atomic mass is 32.2. The normalized spacial score (nSPS) is 11.5. The van der Waals surface area contributed by atoms with Gasteiger partial charge in [0.15, 0.2) is 5.58 Å². The summed E-state index contributed by atoms with van der Waals surface area (Å²) in [6.45, 7) is 2.61. The molecule has 0 bridgehead atoms. The Balaban J connectivity index is 1.82. The Morgan fingerprint density at radius 1 is 1.17 bits per heavy atom. The summed E-state index contributed by atoms with van der Waals surface area (Å²) in [7, 11) is -3.79. The van der Waals surface area contributed by atoms with E-state index in [9.17, 15) is 13.2 Å². The zero-order chi connectivity index (χ0) is 17.2. The molecule has 8 heteroatoms. The maximum atomic E-state index is 12.4. The molecule has 0 aliphatic rings. The lowest BCUT2D eigenvalue weighted by atomic mass is 10.3. The highest BCUT2D eigenvalue weighted by Crippen LogP contribution is 2.21. The molecule has 0 radical (unpaired) electrons. The van der Waals surface area contributed by atoms with Crippen LogP contribution in [0.15, 0.2) is 56.6 Å². The average molecular weight is 348 g/mol. The summed E-state index contributed by atoms with van der Waals surface area (Å²) in [5.74, 6) is 0.0468. The zero-order valence-electron chi connectivity index (χ0n) is 12.9. The van der Waals surface area contributed by atoms with Crippen LogP contribution in [-0.2, 0) is 10.0 Å². The Morgan fingerprint density at radius 3 is 2.62 bits per heavy atom. The van der Waals surface area contributed by atoms with Gasteiger partial charge in [0.1, 0.15) is 5.75 Å². The molecule has 1 heterocycles. The van der Waals surface area contributed by atoms with Crippen LogP contribution < -0.4 is 15.2 Å². The first-order chi connectivity index (χ1) is 11.5. The molecule has 3 aromatic rings. The van der Waals surface area contributed by atoms with E-state index in [1.807, 2.05) is 6.92 Å². The van der Waals surface area contributed by atoms with E-state index < -0.39 is 15.8 Å². The van der Waals surface area contributed by atoms with Crippen molar-refractivity contribution in [1.29, 1.82) is 0 Å². The van der Waals surface area contributed by atoms with E-state index in [0.29, 0.717) is 23.6 Å². The van der Waals surface area contributed by atoms with Crippen LogP contribution in [0, 0.1) is 0 Å². The molecule has 0 aliphatic carbocycles. The molecular weight excluding hydrogens is 332 g/mol. The number of anilines is 1. The molecule has 0 atom stereocenters. The monoisotopic (exact) mass is 348 g/mol. The van der Waals surface area contributed by atoms with Crippen LogP contribution in [-0.4, -0.2) is 20.0 Å². The van der Waals surface area contributed by atoms with Crippen molar-refractivity contribution in [3.63, 3.8) is 0 Å². The Kier molecular flexibility index (Phi) is 4.30. The van der Waals surface area contributed by atoms with Gasteiger partial charge >= 0.3 is 5.76 Å². The first-order valence-corrected chi connectivity index (χ1v) is 8.85. The summed E-state index contributed by atoms with van der Waals surface area (Å²) in [6, 6.07) is 10.8. The largest absolute Gasteiger partial charge is 0.494 e. The van der Waals surface area contributed by atoms with Crippen LogP contribution in [0.4, 0.5) is 5.69 Å². The predicted octanol–water partition coefficient (Wildman–Crippen LogP) is 2.71. The number of aromatic nitrogens is 1. The number of aromatic amines is 1. The van der Waals surface area contributed by atoms with Gasteiger partial charge in [-0.1, -0.05) is 6.92 Å². The number of hydrogen-bond acceptors (Lipinski definition) is 5. The minimum Gasteiger partial charge on any atom is -0.494 e. The molecule has 3 rings (SSSR count). The zero-order valence-corrected chi connectivity index (χ0v) is 13.7. The third-order valence-corrected chi connectivity index (χ3v) is 4.66. The third kappa shape index (κ3) is 3.43. The molecule has 0 saturated carbocycles. The maximum Gasteiger partial charge on any atom is 0.417 e. The van der Waals surface area contributed by atoms with Crippen molar-refractivity contribution in [3.8, 4) is 5.75 Å². The van der Waals surface area contributed by atoms with Crippen molar-refractivity contribution in [3.05, 3.63) is 53.0 Å². The fourth-order valence-electron chi connectivity index (χ4n) is 2.15. The van der Waals surface area contributed by atoms with Gasteiger partial charge in [0.05, 0.1) is 17.0 Å². The van der Waals surface area contributed by atoms with Gasteiger partial charge in [0.25, 0.3) is 10.0 Å². The lowest BCUT2D eigenvalue weighted by molar-refractivity contribution is 0.317. The molecule has 24 heavy (non-hydrogen) atoms. The van der Waals surface area contributed by atoms with E-state index >= 15 is 0 Å². The first-order valence-electron chi connectivity index (χ1n) is 7.36. The minimum atomic E-state index is -3.79. The van der Waals surface area contributed by atoms with Gasteiger partial charge in [-0.3, -0.25) is 9.71 Å². The van der Waals surface area contributed by atoms with Crippen LogP contribution in [0.3, 0.4) is 0 Å². The number of ether oxygens (including phenoxy) is 1. The van der Waals surface area contributed by atoms with E-state index in [-0.39, 0.29) is 10.5 Å². The van der Waals surface area contributed by atoms with Crippen molar-refractivity contribution in [2.75, 3.05) is 11.3 Å². The third-order valence-electron chi connectivity index (χ3n) is 3.28. The highest BCUT2D eigenvalue weighted by Gasteiger charge is 2.16. The number of oxazole rings is 1. The van der Waals surface area contributed by atoms with Crippen molar-refractivity contribution in [2.45, 2.75) is 18.2 Å². The van der Waals surface area contributed by atoms with Gasteiger partial charge in [-0.25, -0.2) is 13.2 Å². The Morgan fingerprint density at radius 2 is 1.92 bits per heavy atom. The van der Waals surface area contributed by atoms with E-state index in [1.165, 1.54) is 18.2 Å². The van der Waals surface area contributed by atoms with Crippen molar-refractivity contribution >= 4 is 26.8 Å². The van der Waals surface area contributed by atoms with Crippen LogP contribution in [0.2, 0.25) is 0 Å². The summed E-state index contributed by atoms with van der Waals surface area (Å²) < 4.78 is 37.7. The van der Waals surface area contributed by atoms with Crippen molar-refractivity contribution < 1.29 is 17.6 Å². The summed E-state index contributed by atoms with van der Waals surface area (Å²) in [4.78, 5) is 13.6. The summed E-state index contributed by atoms with van der Waals surface area (Å²) in [5.41, 5.74) is 1.04. The lowest BCUT2D eigenvalue weighted by Gasteiger charge is -2.09.